The Morgan fingerprint density at radius 2 is 2.05 bits per heavy atom. The minimum atomic E-state index is -0.612. The molecule has 0 fully saturated rings. The van der Waals surface area contributed by atoms with Gasteiger partial charge in [0.1, 0.15) is 17.6 Å². The van der Waals surface area contributed by atoms with Crippen molar-refractivity contribution >= 4 is 0 Å². The van der Waals surface area contributed by atoms with Gasteiger partial charge in [0, 0.05) is 23.5 Å². The quantitative estimate of drug-likeness (QED) is 0.799. The van der Waals surface area contributed by atoms with E-state index in [0.29, 0.717) is 12.4 Å². The van der Waals surface area contributed by atoms with Gasteiger partial charge < -0.3 is 14.2 Å². The van der Waals surface area contributed by atoms with Crippen molar-refractivity contribution in [3.63, 3.8) is 0 Å². The van der Waals surface area contributed by atoms with Crippen LogP contribution in [0, 0.1) is 6.92 Å². The van der Waals surface area contributed by atoms with Crippen molar-refractivity contribution in [2.45, 2.75) is 26.5 Å². The summed E-state index contributed by atoms with van der Waals surface area (Å²) in [6, 6.07) is 11.8. The van der Waals surface area contributed by atoms with Gasteiger partial charge in [-0.3, -0.25) is 0 Å². The minimum absolute atomic E-state index is 0.530. The van der Waals surface area contributed by atoms with E-state index < -0.39 is 6.10 Å². The molecule has 0 amide bonds. The molecule has 3 aromatic rings. The fraction of sp³-hybridized carbons (Fsp3) is 0.250. The zero-order chi connectivity index (χ0) is 14.8. The van der Waals surface area contributed by atoms with E-state index in [1.807, 2.05) is 47.9 Å². The molecule has 0 aliphatic heterocycles. The van der Waals surface area contributed by atoms with Crippen molar-refractivity contribution in [1.82, 2.24) is 14.7 Å². The maximum absolute atomic E-state index is 9.75. The first kappa shape index (κ1) is 13.6. The van der Waals surface area contributed by atoms with Crippen LogP contribution in [0.4, 0.5) is 0 Å². The van der Waals surface area contributed by atoms with Crippen LogP contribution in [0.25, 0.3) is 11.3 Å². The summed E-state index contributed by atoms with van der Waals surface area (Å²) in [5.41, 5.74) is 2.78. The fourth-order valence-corrected chi connectivity index (χ4v) is 2.31. The van der Waals surface area contributed by atoms with E-state index >= 15 is 0 Å². The molecule has 21 heavy (non-hydrogen) atoms. The van der Waals surface area contributed by atoms with Crippen LogP contribution in [0.1, 0.15) is 30.2 Å². The van der Waals surface area contributed by atoms with Gasteiger partial charge in [-0.2, -0.15) is 0 Å². The molecule has 5 nitrogen and oxygen atoms in total. The number of hydrogen-bond acceptors (Lipinski definition) is 4. The first-order chi connectivity index (χ1) is 10.1. The Labute approximate surface area is 122 Å². The standard InChI is InChI=1S/C16H17N3O2/c1-11-9-17-16(12(2)20)19(11)10-14-8-15(21-18-14)13-6-4-3-5-7-13/h3-9,12,20H,10H2,1-2H3. The largest absolute Gasteiger partial charge is 0.385 e. The Hall–Kier alpha value is -2.40. The van der Waals surface area contributed by atoms with Crippen molar-refractivity contribution in [3.8, 4) is 11.3 Å². The summed E-state index contributed by atoms with van der Waals surface area (Å²) in [4.78, 5) is 4.23. The second-order valence-electron chi connectivity index (χ2n) is 5.07. The van der Waals surface area contributed by atoms with Crippen LogP contribution in [0.15, 0.2) is 47.1 Å². The molecular weight excluding hydrogens is 266 g/mol. The van der Waals surface area contributed by atoms with E-state index in [-0.39, 0.29) is 0 Å². The van der Waals surface area contributed by atoms with Crippen molar-refractivity contribution in [2.75, 3.05) is 0 Å². The number of aliphatic hydroxyl groups is 1. The first-order valence-corrected chi connectivity index (χ1v) is 6.86. The summed E-state index contributed by atoms with van der Waals surface area (Å²) in [5.74, 6) is 1.37. The van der Waals surface area contributed by atoms with Gasteiger partial charge in [-0.05, 0) is 13.8 Å². The van der Waals surface area contributed by atoms with E-state index in [1.165, 1.54) is 0 Å². The molecule has 5 heteroatoms. The smallest absolute Gasteiger partial charge is 0.167 e. The summed E-state index contributed by atoms with van der Waals surface area (Å²) < 4.78 is 7.34. The predicted octanol–water partition coefficient (Wildman–Crippen LogP) is 2.95. The van der Waals surface area contributed by atoms with Crippen molar-refractivity contribution < 1.29 is 9.63 Å². The van der Waals surface area contributed by atoms with Gasteiger partial charge in [0.15, 0.2) is 5.76 Å². The average molecular weight is 283 g/mol. The van der Waals surface area contributed by atoms with Crippen LogP contribution in [0.5, 0.6) is 0 Å². The molecule has 0 aliphatic rings. The van der Waals surface area contributed by atoms with E-state index in [9.17, 15) is 5.11 Å². The summed E-state index contributed by atoms with van der Waals surface area (Å²) in [6.07, 6.45) is 1.14. The lowest BCUT2D eigenvalue weighted by molar-refractivity contribution is 0.184. The number of aromatic nitrogens is 3. The maximum Gasteiger partial charge on any atom is 0.167 e. The number of nitrogens with zero attached hydrogens (tertiary/aromatic N) is 3. The molecule has 0 radical (unpaired) electrons. The zero-order valence-corrected chi connectivity index (χ0v) is 12.0. The zero-order valence-electron chi connectivity index (χ0n) is 12.0. The molecule has 108 valence electrons. The topological polar surface area (TPSA) is 64.1 Å². The van der Waals surface area contributed by atoms with Gasteiger partial charge in [0.05, 0.1) is 6.54 Å². The molecule has 0 spiro atoms. The van der Waals surface area contributed by atoms with Crippen LogP contribution in [0.3, 0.4) is 0 Å². The molecule has 1 atom stereocenters. The predicted molar refractivity (Wildman–Crippen MR) is 78.6 cm³/mol. The lowest BCUT2D eigenvalue weighted by Gasteiger charge is -2.09. The highest BCUT2D eigenvalue weighted by molar-refractivity contribution is 5.56. The SMILES string of the molecule is Cc1cnc(C(C)O)n1Cc1cc(-c2ccccc2)on1. The minimum Gasteiger partial charge on any atom is -0.385 e. The third-order valence-corrected chi connectivity index (χ3v) is 3.40. The number of imidazole rings is 1. The van der Waals surface area contributed by atoms with E-state index in [0.717, 1.165) is 22.7 Å². The molecule has 0 bridgehead atoms. The van der Waals surface area contributed by atoms with Crippen molar-refractivity contribution in [2.24, 2.45) is 0 Å². The van der Waals surface area contributed by atoms with Gasteiger partial charge >= 0.3 is 0 Å². The number of aryl methyl sites for hydroxylation is 1. The van der Waals surface area contributed by atoms with Crippen LogP contribution < -0.4 is 0 Å². The number of rotatable bonds is 4. The fourth-order valence-electron chi connectivity index (χ4n) is 2.31. The summed E-state index contributed by atoms with van der Waals surface area (Å²) >= 11 is 0. The summed E-state index contributed by atoms with van der Waals surface area (Å²) in [7, 11) is 0. The third-order valence-electron chi connectivity index (χ3n) is 3.40. The van der Waals surface area contributed by atoms with Gasteiger partial charge in [-0.15, -0.1) is 0 Å². The molecule has 2 heterocycles. The highest BCUT2D eigenvalue weighted by Crippen LogP contribution is 2.21. The van der Waals surface area contributed by atoms with E-state index in [2.05, 4.69) is 10.1 Å². The van der Waals surface area contributed by atoms with E-state index in [4.69, 9.17) is 4.52 Å². The first-order valence-electron chi connectivity index (χ1n) is 6.86. The lowest BCUT2D eigenvalue weighted by Crippen LogP contribution is -2.09. The van der Waals surface area contributed by atoms with E-state index in [1.54, 1.807) is 13.1 Å². The molecule has 3 rings (SSSR count). The second kappa shape index (κ2) is 5.54. The second-order valence-corrected chi connectivity index (χ2v) is 5.07. The Morgan fingerprint density at radius 3 is 2.76 bits per heavy atom. The monoisotopic (exact) mass is 283 g/mol. The van der Waals surface area contributed by atoms with Crippen LogP contribution in [-0.4, -0.2) is 19.8 Å². The molecule has 2 aromatic heterocycles. The third kappa shape index (κ3) is 2.73. The molecule has 0 aliphatic carbocycles. The Bertz CT molecular complexity index is 729. The Kier molecular flexibility index (Phi) is 3.58. The summed E-state index contributed by atoms with van der Waals surface area (Å²) in [5, 5.41) is 13.9. The highest BCUT2D eigenvalue weighted by Gasteiger charge is 2.14. The molecule has 0 saturated carbocycles. The van der Waals surface area contributed by atoms with Crippen molar-refractivity contribution in [1.29, 1.82) is 0 Å². The molecule has 1 N–H and O–H groups in total. The molecule has 1 unspecified atom stereocenters. The highest BCUT2D eigenvalue weighted by atomic mass is 16.5. The van der Waals surface area contributed by atoms with Gasteiger partial charge in [0.2, 0.25) is 0 Å². The number of benzene rings is 1. The van der Waals surface area contributed by atoms with Gasteiger partial charge in [0.25, 0.3) is 0 Å². The van der Waals surface area contributed by atoms with Crippen molar-refractivity contribution in [3.05, 3.63) is 59.8 Å². The van der Waals surface area contributed by atoms with Crippen LogP contribution >= 0.6 is 0 Å². The van der Waals surface area contributed by atoms with Crippen LogP contribution in [-0.2, 0) is 6.54 Å². The lowest BCUT2D eigenvalue weighted by atomic mass is 10.1. The van der Waals surface area contributed by atoms with Gasteiger partial charge in [-0.25, -0.2) is 4.98 Å². The maximum atomic E-state index is 9.75. The summed E-state index contributed by atoms with van der Waals surface area (Å²) in [6.45, 7) is 4.19. The Morgan fingerprint density at radius 1 is 1.29 bits per heavy atom. The average Bonchev–Trinajstić information content (AvgIpc) is 3.08. The Balaban J connectivity index is 1.87. The number of aliphatic hydroxyl groups excluding tert-OH is 1. The normalized spacial score (nSPS) is 12.5. The van der Waals surface area contributed by atoms with Crippen LogP contribution in [0.2, 0.25) is 0 Å². The number of hydrogen-bond donors (Lipinski definition) is 1. The molecule has 0 saturated heterocycles. The molecule has 1 aromatic carbocycles. The molecular formula is C16H17N3O2. The van der Waals surface area contributed by atoms with Gasteiger partial charge in [-0.1, -0.05) is 35.5 Å².